The van der Waals surface area contributed by atoms with Crippen LogP contribution in [0.1, 0.15) is 5.56 Å². The van der Waals surface area contributed by atoms with Gasteiger partial charge in [-0.3, -0.25) is 4.79 Å². The Labute approximate surface area is 94.9 Å². The van der Waals surface area contributed by atoms with Gasteiger partial charge in [0, 0.05) is 0 Å². The maximum atomic E-state index is 10.6. The number of aliphatic carboxylic acids is 1. The van der Waals surface area contributed by atoms with Gasteiger partial charge in [0.05, 0.1) is 0 Å². The Morgan fingerprint density at radius 2 is 1.50 bits per heavy atom. The number of carboxylic acids is 1. The Kier molecular flexibility index (Phi) is 5.02. The van der Waals surface area contributed by atoms with Crippen molar-refractivity contribution in [3.8, 4) is 0 Å². The van der Waals surface area contributed by atoms with Crippen molar-refractivity contribution in [1.29, 1.82) is 0 Å². The van der Waals surface area contributed by atoms with Crippen LogP contribution in [0.25, 0.3) is 0 Å². The molecular weight excluding hydrogens is 202 g/mol. The monoisotopic (exact) mass is 217 g/mol. The molecule has 84 valence electrons. The smallest absolute Gasteiger partial charge is 0.320 e. The molecule has 0 aromatic heterocycles. The van der Waals surface area contributed by atoms with E-state index < -0.39 is 12.0 Å². The summed E-state index contributed by atoms with van der Waals surface area (Å²) < 4.78 is 0. The molecule has 1 aromatic carbocycles. The second kappa shape index (κ2) is 6.58. The first-order chi connectivity index (χ1) is 7.70. The molecule has 0 saturated carbocycles. The molecule has 3 N–H and O–H groups in total. The highest BCUT2D eigenvalue weighted by Crippen LogP contribution is 1.99. The summed E-state index contributed by atoms with van der Waals surface area (Å²) in [6, 6.07) is 16.1. The molecule has 0 aliphatic carbocycles. The molecule has 3 heteroatoms. The van der Waals surface area contributed by atoms with E-state index in [1.54, 1.807) is 0 Å². The molecule has 0 saturated heterocycles. The zero-order chi connectivity index (χ0) is 11.8. The van der Waals surface area contributed by atoms with E-state index in [9.17, 15) is 4.79 Å². The van der Waals surface area contributed by atoms with Gasteiger partial charge in [0.2, 0.25) is 0 Å². The number of carbonyl (C=O) groups is 1. The highest BCUT2D eigenvalue weighted by Gasteiger charge is 2.10. The van der Waals surface area contributed by atoms with E-state index in [0.29, 0.717) is 6.42 Å². The summed E-state index contributed by atoms with van der Waals surface area (Å²) in [6.07, 6.45) is 0.327. The zero-order valence-corrected chi connectivity index (χ0v) is 8.91. The molecular formula is C13H15NO2. The summed E-state index contributed by atoms with van der Waals surface area (Å²) in [6.45, 7) is 0. The second-order valence-electron chi connectivity index (χ2n) is 3.40. The average Bonchev–Trinajstić information content (AvgIpc) is 2.27. The standard InChI is InChI=1S/C13H15NO2/c14-12(13(15)16)10-11-8-6-4-2-1-3-5-7-9-11/h1-9,12H,10,14H2,(H,15,16). The van der Waals surface area contributed by atoms with Crippen LogP contribution in [0.15, 0.2) is 54.6 Å². The third-order valence-electron chi connectivity index (χ3n) is 2.06. The fourth-order valence-electron chi connectivity index (χ4n) is 1.21. The highest BCUT2D eigenvalue weighted by molar-refractivity contribution is 5.73. The van der Waals surface area contributed by atoms with Gasteiger partial charge >= 0.3 is 5.97 Å². The molecule has 0 aliphatic heterocycles. The Morgan fingerprint density at radius 1 is 1.06 bits per heavy atom. The maximum absolute atomic E-state index is 10.6. The van der Waals surface area contributed by atoms with Crippen LogP contribution in [0.3, 0.4) is 0 Å². The lowest BCUT2D eigenvalue weighted by molar-refractivity contribution is -0.138. The summed E-state index contributed by atoms with van der Waals surface area (Å²) in [7, 11) is 0. The summed E-state index contributed by atoms with van der Waals surface area (Å²) >= 11 is 0. The molecule has 0 spiro atoms. The number of carboxylic acid groups (broad SMARTS) is 1. The Bertz CT molecular complexity index is 378. The van der Waals surface area contributed by atoms with Crippen molar-refractivity contribution >= 4 is 5.97 Å². The van der Waals surface area contributed by atoms with Gasteiger partial charge in [0.1, 0.15) is 6.04 Å². The van der Waals surface area contributed by atoms with Crippen LogP contribution >= 0.6 is 0 Å². The molecule has 0 heterocycles. The van der Waals surface area contributed by atoms with Gasteiger partial charge in [0.25, 0.3) is 0 Å². The lowest BCUT2D eigenvalue weighted by atomic mass is 10.1. The first-order valence-corrected chi connectivity index (χ1v) is 5.06. The number of hydrogen-bond donors (Lipinski definition) is 2. The van der Waals surface area contributed by atoms with E-state index in [1.165, 1.54) is 0 Å². The first-order valence-electron chi connectivity index (χ1n) is 5.06. The van der Waals surface area contributed by atoms with E-state index in [0.717, 1.165) is 5.56 Å². The molecule has 0 amide bonds. The second-order valence-corrected chi connectivity index (χ2v) is 3.40. The van der Waals surface area contributed by atoms with Gasteiger partial charge < -0.3 is 10.8 Å². The SMILES string of the molecule is NC(Cc1ccccccccc1)C(=O)O. The molecule has 0 radical (unpaired) electrons. The van der Waals surface area contributed by atoms with Gasteiger partial charge in [-0.1, -0.05) is 54.6 Å². The minimum Gasteiger partial charge on any atom is -0.480 e. The van der Waals surface area contributed by atoms with Crippen LogP contribution in [-0.4, -0.2) is 17.1 Å². The summed E-state index contributed by atoms with van der Waals surface area (Å²) in [5.74, 6) is -0.981. The maximum Gasteiger partial charge on any atom is 0.320 e. The van der Waals surface area contributed by atoms with Crippen molar-refractivity contribution in [2.24, 2.45) is 5.73 Å². The van der Waals surface area contributed by atoms with Crippen molar-refractivity contribution in [1.82, 2.24) is 0 Å². The number of rotatable bonds is 3. The molecule has 1 unspecified atom stereocenters. The summed E-state index contributed by atoms with van der Waals surface area (Å²) in [5.41, 5.74) is 6.37. The predicted molar refractivity (Wildman–Crippen MR) is 63.4 cm³/mol. The van der Waals surface area contributed by atoms with Crippen molar-refractivity contribution in [2.45, 2.75) is 12.5 Å². The molecule has 0 aliphatic rings. The van der Waals surface area contributed by atoms with Crippen LogP contribution in [-0.2, 0) is 11.2 Å². The summed E-state index contributed by atoms with van der Waals surface area (Å²) in [4.78, 5) is 10.6. The van der Waals surface area contributed by atoms with Crippen LogP contribution < -0.4 is 5.73 Å². The number of hydrogen-bond acceptors (Lipinski definition) is 2. The molecule has 16 heavy (non-hydrogen) atoms. The first kappa shape index (κ1) is 12.2. The van der Waals surface area contributed by atoms with E-state index >= 15 is 0 Å². The third-order valence-corrected chi connectivity index (χ3v) is 2.06. The molecule has 1 aromatic rings. The van der Waals surface area contributed by atoms with Crippen molar-refractivity contribution in [3.63, 3.8) is 0 Å². The number of nitrogens with two attached hydrogens (primary N) is 1. The van der Waals surface area contributed by atoms with Gasteiger partial charge in [-0.2, -0.15) is 0 Å². The summed E-state index contributed by atoms with van der Waals surface area (Å²) in [5, 5.41) is 8.72. The van der Waals surface area contributed by atoms with Gasteiger partial charge in [0.15, 0.2) is 0 Å². The van der Waals surface area contributed by atoms with Crippen molar-refractivity contribution < 1.29 is 9.90 Å². The highest BCUT2D eigenvalue weighted by atomic mass is 16.4. The Morgan fingerprint density at radius 3 is 1.94 bits per heavy atom. The fraction of sp³-hybridized carbons (Fsp3) is 0.154. The molecule has 3 nitrogen and oxygen atoms in total. The average molecular weight is 217 g/mol. The van der Waals surface area contributed by atoms with Crippen LogP contribution in [0.4, 0.5) is 0 Å². The normalized spacial score (nSPS) is 11.3. The quantitative estimate of drug-likeness (QED) is 0.811. The Hall–Kier alpha value is -1.87. The molecule has 0 bridgehead atoms. The molecule has 1 atom stereocenters. The lowest BCUT2D eigenvalue weighted by Crippen LogP contribution is -2.32. The van der Waals surface area contributed by atoms with Crippen molar-refractivity contribution in [2.75, 3.05) is 0 Å². The molecule has 1 rings (SSSR count). The van der Waals surface area contributed by atoms with Crippen LogP contribution in [0.5, 0.6) is 0 Å². The predicted octanol–water partition coefficient (Wildman–Crippen LogP) is 1.77. The van der Waals surface area contributed by atoms with Crippen molar-refractivity contribution in [3.05, 3.63) is 60.2 Å². The third kappa shape index (κ3) is 4.57. The topological polar surface area (TPSA) is 63.3 Å². The minimum absolute atomic E-state index is 0.327. The lowest BCUT2D eigenvalue weighted by Gasteiger charge is -2.04. The van der Waals surface area contributed by atoms with E-state index in [-0.39, 0.29) is 0 Å². The van der Waals surface area contributed by atoms with Crippen LogP contribution in [0, 0.1) is 0 Å². The van der Waals surface area contributed by atoms with E-state index in [1.807, 2.05) is 54.6 Å². The van der Waals surface area contributed by atoms with E-state index in [4.69, 9.17) is 10.8 Å². The minimum atomic E-state index is -0.981. The molecule has 0 fully saturated rings. The zero-order valence-electron chi connectivity index (χ0n) is 8.91. The largest absolute Gasteiger partial charge is 0.480 e. The van der Waals surface area contributed by atoms with Gasteiger partial charge in [-0.25, -0.2) is 0 Å². The Balaban J connectivity index is 2.92. The van der Waals surface area contributed by atoms with E-state index in [2.05, 4.69) is 0 Å². The van der Waals surface area contributed by atoms with Gasteiger partial charge in [-0.05, 0) is 12.0 Å². The van der Waals surface area contributed by atoms with Gasteiger partial charge in [-0.15, -0.1) is 0 Å². The fourth-order valence-corrected chi connectivity index (χ4v) is 1.21. The van der Waals surface area contributed by atoms with Crippen LogP contribution in [0.2, 0.25) is 0 Å².